The topological polar surface area (TPSA) is 29.5 Å². The number of hydrogen-bond acceptors (Lipinski definition) is 2. The van der Waals surface area contributed by atoms with E-state index in [-0.39, 0.29) is 5.91 Å². The van der Waals surface area contributed by atoms with Crippen LogP contribution in [0.1, 0.15) is 24.5 Å². The maximum atomic E-state index is 11.6. The molecule has 110 valence electrons. The predicted octanol–water partition coefficient (Wildman–Crippen LogP) is 3.60. The zero-order valence-corrected chi connectivity index (χ0v) is 12.4. The van der Waals surface area contributed by atoms with Crippen molar-refractivity contribution < 1.29 is 9.63 Å². The normalized spacial score (nSPS) is 10.3. The summed E-state index contributed by atoms with van der Waals surface area (Å²) in [6.45, 7) is 2.56. The lowest BCUT2D eigenvalue weighted by Crippen LogP contribution is -2.29. The third-order valence-electron chi connectivity index (χ3n) is 3.22. The summed E-state index contributed by atoms with van der Waals surface area (Å²) in [4.78, 5) is 17.2. The molecule has 0 unspecified atom stereocenters. The van der Waals surface area contributed by atoms with Crippen molar-refractivity contribution in [3.8, 4) is 0 Å². The average Bonchev–Trinajstić information content (AvgIpc) is 2.52. The Morgan fingerprint density at radius 3 is 2.10 bits per heavy atom. The molecule has 0 spiro atoms. The molecule has 0 aliphatic rings. The minimum atomic E-state index is -0.0708. The van der Waals surface area contributed by atoms with Gasteiger partial charge in [-0.3, -0.25) is 9.63 Å². The standard InChI is InChI=1S/C18H21NO2/c1-16(20)19(15-18-11-6-3-7-12-18)21-14-8-13-17-9-4-2-5-10-17/h2-7,9-12H,8,13-15H2,1H3. The van der Waals surface area contributed by atoms with Gasteiger partial charge in [0.1, 0.15) is 0 Å². The Hall–Kier alpha value is -2.13. The number of rotatable bonds is 7. The van der Waals surface area contributed by atoms with Crippen LogP contribution in [0.5, 0.6) is 0 Å². The minimum Gasteiger partial charge on any atom is -0.273 e. The summed E-state index contributed by atoms with van der Waals surface area (Å²) in [6.07, 6.45) is 1.85. The molecule has 0 saturated carbocycles. The quantitative estimate of drug-likeness (QED) is 0.574. The summed E-state index contributed by atoms with van der Waals surface area (Å²) < 4.78 is 0. The Labute approximate surface area is 126 Å². The van der Waals surface area contributed by atoms with E-state index in [1.807, 2.05) is 48.5 Å². The third-order valence-corrected chi connectivity index (χ3v) is 3.22. The fourth-order valence-corrected chi connectivity index (χ4v) is 2.09. The highest BCUT2D eigenvalue weighted by Crippen LogP contribution is 2.07. The average molecular weight is 283 g/mol. The van der Waals surface area contributed by atoms with Gasteiger partial charge in [-0.15, -0.1) is 0 Å². The maximum absolute atomic E-state index is 11.6. The van der Waals surface area contributed by atoms with Crippen LogP contribution in [0.2, 0.25) is 0 Å². The van der Waals surface area contributed by atoms with E-state index in [9.17, 15) is 4.79 Å². The first kappa shape index (κ1) is 15.3. The summed E-state index contributed by atoms with van der Waals surface area (Å²) >= 11 is 0. The number of hydroxylamine groups is 2. The summed E-state index contributed by atoms with van der Waals surface area (Å²) in [7, 11) is 0. The molecule has 3 nitrogen and oxygen atoms in total. The third kappa shape index (κ3) is 5.40. The van der Waals surface area contributed by atoms with Crippen LogP contribution in [0.4, 0.5) is 0 Å². The van der Waals surface area contributed by atoms with Crippen LogP contribution in [0, 0.1) is 0 Å². The van der Waals surface area contributed by atoms with Gasteiger partial charge in [-0.25, -0.2) is 5.06 Å². The number of carbonyl (C=O) groups is 1. The highest BCUT2D eigenvalue weighted by atomic mass is 16.7. The first-order chi connectivity index (χ1) is 10.3. The van der Waals surface area contributed by atoms with Crippen LogP contribution < -0.4 is 0 Å². The molecule has 3 heteroatoms. The molecular weight excluding hydrogens is 262 g/mol. The lowest BCUT2D eigenvalue weighted by molar-refractivity contribution is -0.188. The maximum Gasteiger partial charge on any atom is 0.243 e. The Kier molecular flexibility index (Phi) is 5.98. The fraction of sp³-hybridized carbons (Fsp3) is 0.278. The molecule has 21 heavy (non-hydrogen) atoms. The van der Waals surface area contributed by atoms with Crippen molar-refractivity contribution in [2.24, 2.45) is 0 Å². The highest BCUT2D eigenvalue weighted by Gasteiger charge is 2.09. The van der Waals surface area contributed by atoms with E-state index in [4.69, 9.17) is 4.84 Å². The smallest absolute Gasteiger partial charge is 0.243 e. The molecule has 1 amide bonds. The molecule has 0 fully saturated rings. The second-order valence-electron chi connectivity index (χ2n) is 4.96. The molecule has 2 rings (SSSR count). The van der Waals surface area contributed by atoms with Gasteiger partial charge in [0, 0.05) is 6.92 Å². The van der Waals surface area contributed by atoms with Gasteiger partial charge < -0.3 is 0 Å². The largest absolute Gasteiger partial charge is 0.273 e. The summed E-state index contributed by atoms with van der Waals surface area (Å²) in [6, 6.07) is 20.2. The van der Waals surface area contributed by atoms with E-state index in [2.05, 4.69) is 12.1 Å². The monoisotopic (exact) mass is 283 g/mol. The molecule has 0 heterocycles. The lowest BCUT2D eigenvalue weighted by Gasteiger charge is -2.20. The number of benzene rings is 2. The van der Waals surface area contributed by atoms with E-state index in [0.29, 0.717) is 13.2 Å². The van der Waals surface area contributed by atoms with Crippen molar-refractivity contribution in [1.82, 2.24) is 5.06 Å². The summed E-state index contributed by atoms with van der Waals surface area (Å²) in [5.74, 6) is -0.0708. The van der Waals surface area contributed by atoms with Crippen molar-refractivity contribution in [1.29, 1.82) is 0 Å². The van der Waals surface area contributed by atoms with Gasteiger partial charge in [-0.1, -0.05) is 60.7 Å². The van der Waals surface area contributed by atoms with Gasteiger partial charge in [0.05, 0.1) is 13.2 Å². The van der Waals surface area contributed by atoms with Crippen LogP contribution >= 0.6 is 0 Å². The molecule has 0 bridgehead atoms. The molecule has 0 atom stereocenters. The van der Waals surface area contributed by atoms with Crippen LogP contribution in [-0.4, -0.2) is 17.6 Å². The van der Waals surface area contributed by atoms with Gasteiger partial charge in [0.15, 0.2) is 0 Å². The van der Waals surface area contributed by atoms with Crippen LogP contribution in [0.3, 0.4) is 0 Å². The molecule has 0 aliphatic heterocycles. The molecule has 0 radical (unpaired) electrons. The zero-order valence-electron chi connectivity index (χ0n) is 12.4. The lowest BCUT2D eigenvalue weighted by atomic mass is 10.1. The molecule has 0 N–H and O–H groups in total. The second kappa shape index (κ2) is 8.22. The van der Waals surface area contributed by atoms with Crippen LogP contribution in [0.25, 0.3) is 0 Å². The van der Waals surface area contributed by atoms with Crippen LogP contribution in [-0.2, 0) is 22.6 Å². The van der Waals surface area contributed by atoms with Gasteiger partial charge in [-0.05, 0) is 24.0 Å². The van der Waals surface area contributed by atoms with E-state index < -0.39 is 0 Å². The first-order valence-corrected chi connectivity index (χ1v) is 7.24. The number of amides is 1. The minimum absolute atomic E-state index is 0.0708. The van der Waals surface area contributed by atoms with Gasteiger partial charge in [0.2, 0.25) is 5.91 Å². The van der Waals surface area contributed by atoms with E-state index >= 15 is 0 Å². The van der Waals surface area contributed by atoms with Crippen molar-refractivity contribution in [2.75, 3.05) is 6.61 Å². The summed E-state index contributed by atoms with van der Waals surface area (Å²) in [5, 5.41) is 1.43. The summed E-state index contributed by atoms with van der Waals surface area (Å²) in [5.41, 5.74) is 2.36. The Morgan fingerprint density at radius 2 is 1.52 bits per heavy atom. The molecule has 0 saturated heterocycles. The Morgan fingerprint density at radius 1 is 0.952 bits per heavy atom. The molecular formula is C18H21NO2. The van der Waals surface area contributed by atoms with Gasteiger partial charge in [0.25, 0.3) is 0 Å². The SMILES string of the molecule is CC(=O)N(Cc1ccccc1)OCCCc1ccccc1. The van der Waals surface area contributed by atoms with Gasteiger partial charge >= 0.3 is 0 Å². The molecule has 0 aromatic heterocycles. The zero-order chi connectivity index (χ0) is 14.9. The molecule has 2 aromatic carbocycles. The van der Waals surface area contributed by atoms with Crippen LogP contribution in [0.15, 0.2) is 60.7 Å². The number of hydrogen-bond donors (Lipinski definition) is 0. The second-order valence-corrected chi connectivity index (χ2v) is 4.96. The first-order valence-electron chi connectivity index (χ1n) is 7.24. The van der Waals surface area contributed by atoms with Crippen molar-refractivity contribution >= 4 is 5.91 Å². The Balaban J connectivity index is 1.77. The van der Waals surface area contributed by atoms with Crippen molar-refractivity contribution in [2.45, 2.75) is 26.3 Å². The fourth-order valence-electron chi connectivity index (χ4n) is 2.09. The van der Waals surface area contributed by atoms with Crippen molar-refractivity contribution in [3.05, 3.63) is 71.8 Å². The van der Waals surface area contributed by atoms with E-state index in [1.54, 1.807) is 0 Å². The number of nitrogens with zero attached hydrogens (tertiary/aromatic N) is 1. The molecule has 0 aliphatic carbocycles. The predicted molar refractivity (Wildman–Crippen MR) is 83.4 cm³/mol. The highest BCUT2D eigenvalue weighted by molar-refractivity contribution is 5.72. The van der Waals surface area contributed by atoms with Crippen molar-refractivity contribution in [3.63, 3.8) is 0 Å². The van der Waals surface area contributed by atoms with E-state index in [1.165, 1.54) is 17.6 Å². The number of aryl methyl sites for hydroxylation is 1. The molecule has 2 aromatic rings. The number of carbonyl (C=O) groups excluding carboxylic acids is 1. The van der Waals surface area contributed by atoms with E-state index in [0.717, 1.165) is 18.4 Å². The Bertz CT molecular complexity index is 540. The van der Waals surface area contributed by atoms with Gasteiger partial charge in [-0.2, -0.15) is 0 Å².